The monoisotopic (exact) mass is 501 g/mol. The third-order valence-electron chi connectivity index (χ3n) is 5.85. The Kier molecular flexibility index (Phi) is 8.52. The van der Waals surface area contributed by atoms with Crippen molar-refractivity contribution in [3.8, 4) is 0 Å². The number of urea groups is 1. The lowest BCUT2D eigenvalue weighted by atomic mass is 9.98. The Morgan fingerprint density at radius 2 is 1.69 bits per heavy atom. The predicted octanol–water partition coefficient (Wildman–Crippen LogP) is 4.24. The molecule has 2 amide bonds. The lowest BCUT2D eigenvalue weighted by molar-refractivity contribution is 0.0781. The van der Waals surface area contributed by atoms with Gasteiger partial charge in [0.05, 0.1) is 10.5 Å². The number of carbonyl (C=O) groups is 1. The van der Waals surface area contributed by atoms with E-state index in [9.17, 15) is 14.3 Å². The van der Waals surface area contributed by atoms with Gasteiger partial charge in [0, 0.05) is 21.6 Å². The third-order valence-corrected chi connectivity index (χ3v) is 7.45. The van der Waals surface area contributed by atoms with Gasteiger partial charge in [-0.25, -0.2) is 9.18 Å². The van der Waals surface area contributed by atoms with Crippen LogP contribution in [0.3, 0.4) is 0 Å². The fourth-order valence-corrected chi connectivity index (χ4v) is 5.56. The zero-order valence-corrected chi connectivity index (χ0v) is 20.6. The zero-order valence-electron chi connectivity index (χ0n) is 18.0. The molecule has 0 bridgehead atoms. The molecule has 0 spiro atoms. The lowest BCUT2D eigenvalue weighted by Crippen LogP contribution is -2.18. The second kappa shape index (κ2) is 10.2. The molecule has 2 aromatic carbocycles. The number of carbonyl (C=O) groups excluding carboxylic acids is 1. The van der Waals surface area contributed by atoms with Crippen LogP contribution in [-0.4, -0.2) is 16.6 Å². The van der Waals surface area contributed by atoms with Crippen LogP contribution in [0.1, 0.15) is 54.5 Å². The summed E-state index contributed by atoms with van der Waals surface area (Å²) in [6.45, 7) is 3.15. The van der Waals surface area contributed by atoms with Crippen molar-refractivity contribution in [2.24, 2.45) is 9.50 Å². The summed E-state index contributed by atoms with van der Waals surface area (Å²) in [6, 6.07) is 3.71. The van der Waals surface area contributed by atoms with E-state index in [1.165, 1.54) is 12.1 Å². The highest BCUT2D eigenvalue weighted by Gasteiger charge is 2.28. The molecule has 1 unspecified atom stereocenters. The molecule has 176 valence electrons. The summed E-state index contributed by atoms with van der Waals surface area (Å²) >= 11 is 6.62. The Hall–Kier alpha value is -1.49. The van der Waals surface area contributed by atoms with Crippen LogP contribution in [0.25, 0.3) is 0 Å². The maximum Gasteiger partial charge on any atom is 0.352 e. The summed E-state index contributed by atoms with van der Waals surface area (Å²) in [4.78, 5) is 12.8. The number of rotatable bonds is 3. The predicted molar refractivity (Wildman–Crippen MR) is 132 cm³/mol. The molecule has 0 saturated carbocycles. The minimum atomic E-state index is -1.45. The molecule has 0 radical (unpaired) electrons. The fraction of sp³-hybridized carbons (Fsp3) is 0.409. The fourth-order valence-electron chi connectivity index (χ4n) is 4.36. The van der Waals surface area contributed by atoms with Crippen molar-refractivity contribution < 1.29 is 19.8 Å². The molecule has 10 heteroatoms. The van der Waals surface area contributed by atoms with E-state index >= 15 is 0 Å². The van der Waals surface area contributed by atoms with E-state index in [0.717, 1.165) is 71.5 Å². The number of hydrogen-bond donors (Lipinski definition) is 3. The maximum absolute atomic E-state index is 14.5. The Labute approximate surface area is 201 Å². The van der Waals surface area contributed by atoms with Gasteiger partial charge in [0.25, 0.3) is 0 Å². The van der Waals surface area contributed by atoms with Crippen molar-refractivity contribution in [2.45, 2.75) is 62.9 Å². The number of fused-ring (bicyclic) bond motifs is 2. The second-order valence-electron chi connectivity index (χ2n) is 8.35. The van der Waals surface area contributed by atoms with Gasteiger partial charge in [-0.1, -0.05) is 17.7 Å². The summed E-state index contributed by atoms with van der Waals surface area (Å²) in [5.41, 5.74) is 4.54. The summed E-state index contributed by atoms with van der Waals surface area (Å²) in [5.74, 6) is -0.592. The van der Waals surface area contributed by atoms with Gasteiger partial charge in [0.15, 0.2) is 0 Å². The average Bonchev–Trinajstić information content (AvgIpc) is 3.34. The number of nitrogens with one attached hydrogen (secondary N) is 1. The molecule has 32 heavy (non-hydrogen) atoms. The number of hydrogen-bond acceptors (Lipinski definition) is 2. The Balaban J connectivity index is 0.00000181. The quantitative estimate of drug-likeness (QED) is 0.583. The van der Waals surface area contributed by atoms with E-state index in [0.29, 0.717) is 5.56 Å². The largest absolute Gasteiger partial charge is 0.412 e. The maximum atomic E-state index is 14.5. The third kappa shape index (κ3) is 5.03. The first-order valence-electron chi connectivity index (χ1n) is 10.1. The van der Waals surface area contributed by atoms with Crippen LogP contribution in [-0.2, 0) is 42.2 Å². The number of nitrogens with zero attached hydrogens (tertiary/aromatic N) is 1. The van der Waals surface area contributed by atoms with Crippen LogP contribution in [0, 0.1) is 5.82 Å². The Morgan fingerprint density at radius 3 is 2.19 bits per heavy atom. The van der Waals surface area contributed by atoms with Crippen molar-refractivity contribution in [3.63, 3.8) is 0 Å². The van der Waals surface area contributed by atoms with Crippen LogP contribution >= 0.6 is 25.1 Å². The van der Waals surface area contributed by atoms with Gasteiger partial charge in [-0.3, -0.25) is 5.14 Å². The van der Waals surface area contributed by atoms with Gasteiger partial charge in [-0.15, -0.1) is 0 Å². The van der Waals surface area contributed by atoms with Gasteiger partial charge in [-0.2, -0.15) is 17.9 Å². The van der Waals surface area contributed by atoms with E-state index in [4.69, 9.17) is 16.7 Å². The number of anilines is 1. The van der Waals surface area contributed by atoms with E-state index < -0.39 is 28.3 Å². The standard InChI is InChI=1S/C22H25ClFN3O2S.H2O.H2S/c1-22(2,29)12-9-10-18(17(24)11-12)30(25)27-21(28)26-20-15-7-3-5-13(15)19(23)14-6-4-8-16(14)20;;/h9-11,29H,3-8H2,1-2H3,(H3,25,26,27,28);2*1H2. The normalized spacial score (nSPS) is 15.4. The topological polar surface area (TPSA) is 119 Å². The van der Waals surface area contributed by atoms with Gasteiger partial charge in [-0.05, 0) is 92.3 Å². The van der Waals surface area contributed by atoms with Crippen molar-refractivity contribution in [1.82, 2.24) is 0 Å². The summed E-state index contributed by atoms with van der Waals surface area (Å²) < 4.78 is 18.5. The molecule has 2 aliphatic rings. The summed E-state index contributed by atoms with van der Waals surface area (Å²) in [5, 5.41) is 19.9. The van der Waals surface area contributed by atoms with Crippen LogP contribution in [0.4, 0.5) is 14.9 Å². The summed E-state index contributed by atoms with van der Waals surface area (Å²) in [6.07, 6.45) is 5.61. The van der Waals surface area contributed by atoms with Crippen molar-refractivity contribution in [2.75, 3.05) is 5.32 Å². The first-order chi connectivity index (χ1) is 14.2. The molecule has 4 rings (SSSR count). The SMILES string of the molecule is CC(C)(O)c1ccc(S(N)=NC(=O)Nc2c3c(c(Cl)c4c2CCC4)CCC3)c(F)c1.O.S. The molecule has 0 saturated heterocycles. The van der Waals surface area contributed by atoms with E-state index in [-0.39, 0.29) is 23.9 Å². The Morgan fingerprint density at radius 1 is 1.16 bits per heavy atom. The van der Waals surface area contributed by atoms with Crippen LogP contribution < -0.4 is 10.5 Å². The van der Waals surface area contributed by atoms with Gasteiger partial charge >= 0.3 is 6.03 Å². The van der Waals surface area contributed by atoms with Crippen LogP contribution in [0.2, 0.25) is 5.02 Å². The van der Waals surface area contributed by atoms with E-state index in [2.05, 4.69) is 9.68 Å². The molecule has 1 atom stereocenters. The average molecular weight is 502 g/mol. The van der Waals surface area contributed by atoms with Gasteiger partial charge in [0.1, 0.15) is 5.82 Å². The molecular weight excluding hydrogens is 473 g/mol. The van der Waals surface area contributed by atoms with Crippen LogP contribution in [0.5, 0.6) is 0 Å². The molecule has 2 aliphatic carbocycles. The highest BCUT2D eigenvalue weighted by molar-refractivity contribution is 7.85. The molecule has 6 nitrogen and oxygen atoms in total. The Bertz CT molecular complexity index is 1050. The highest BCUT2D eigenvalue weighted by Crippen LogP contribution is 2.44. The minimum absolute atomic E-state index is 0. The van der Waals surface area contributed by atoms with E-state index in [1.54, 1.807) is 19.9 Å². The first kappa shape index (κ1) is 26.8. The van der Waals surface area contributed by atoms with Crippen LogP contribution in [0.15, 0.2) is 27.5 Å². The number of benzene rings is 2. The zero-order chi connectivity index (χ0) is 21.6. The number of halogens is 2. The number of nitrogens with two attached hydrogens (primary N) is 1. The molecule has 0 aromatic heterocycles. The molecule has 6 N–H and O–H groups in total. The van der Waals surface area contributed by atoms with Gasteiger partial charge < -0.3 is 15.9 Å². The van der Waals surface area contributed by atoms with Crippen molar-refractivity contribution in [3.05, 3.63) is 56.9 Å². The number of amides is 2. The molecule has 2 aromatic rings. The second-order valence-corrected chi connectivity index (χ2v) is 9.98. The molecule has 0 heterocycles. The van der Waals surface area contributed by atoms with Crippen molar-refractivity contribution >= 4 is 47.7 Å². The molecule has 0 aliphatic heterocycles. The minimum Gasteiger partial charge on any atom is -0.412 e. The van der Waals surface area contributed by atoms with Gasteiger partial charge in [0.2, 0.25) is 0 Å². The number of aliphatic hydroxyl groups is 1. The molecular formula is C22H29ClFN3O3S2. The highest BCUT2D eigenvalue weighted by atomic mass is 35.5. The summed E-state index contributed by atoms with van der Waals surface area (Å²) in [7, 11) is -1.45. The molecule has 0 fully saturated rings. The van der Waals surface area contributed by atoms with E-state index in [1.807, 2.05) is 0 Å². The van der Waals surface area contributed by atoms with Crippen molar-refractivity contribution in [1.29, 1.82) is 0 Å². The lowest BCUT2D eigenvalue weighted by Gasteiger charge is -2.18. The first-order valence-corrected chi connectivity index (χ1v) is 11.7. The smallest absolute Gasteiger partial charge is 0.352 e.